The molecule has 0 N–H and O–H groups in total. The Morgan fingerprint density at radius 1 is 1.15 bits per heavy atom. The van der Waals surface area contributed by atoms with Gasteiger partial charge in [-0.15, -0.1) is 0 Å². The third-order valence-electron chi connectivity index (χ3n) is 5.77. The molecule has 2 aromatic carbocycles. The number of nitrogens with zero attached hydrogens (tertiary/aromatic N) is 2. The number of esters is 1. The number of methoxy groups -OCH3 is 1. The van der Waals surface area contributed by atoms with Crippen LogP contribution in [0.3, 0.4) is 0 Å². The predicted octanol–water partition coefficient (Wildman–Crippen LogP) is 5.36. The highest BCUT2D eigenvalue weighted by atomic mass is 32.2. The van der Waals surface area contributed by atoms with Gasteiger partial charge in [0, 0.05) is 18.2 Å². The Bertz CT molecular complexity index is 1170. The molecule has 1 saturated carbocycles. The molecule has 2 fully saturated rings. The van der Waals surface area contributed by atoms with Gasteiger partial charge in [0.2, 0.25) is 0 Å². The van der Waals surface area contributed by atoms with Crippen LogP contribution in [0.2, 0.25) is 0 Å². The summed E-state index contributed by atoms with van der Waals surface area (Å²) in [5.41, 5.74) is 0.756. The van der Waals surface area contributed by atoms with Crippen molar-refractivity contribution in [3.8, 4) is 11.5 Å². The average Bonchev–Trinajstić information content (AvgIpc) is 3.12. The lowest BCUT2D eigenvalue weighted by Gasteiger charge is -2.29. The standard InChI is InChI=1S/C24H22N2O6S2/c1-31-20-13-15(14-21-22(27)25(24(33)34-21)17-5-3-2-4-6-17)7-12-19(20)32-23(28)16-8-10-18(11-9-16)26(29)30/h7-14,17H,2-6H2,1H3. The van der Waals surface area contributed by atoms with Crippen molar-refractivity contribution in [1.29, 1.82) is 0 Å². The van der Waals surface area contributed by atoms with Gasteiger partial charge in [-0.1, -0.05) is 49.3 Å². The van der Waals surface area contributed by atoms with Crippen LogP contribution < -0.4 is 9.47 Å². The van der Waals surface area contributed by atoms with Gasteiger partial charge in [0.15, 0.2) is 11.5 Å². The Morgan fingerprint density at radius 3 is 2.50 bits per heavy atom. The molecule has 1 aliphatic heterocycles. The summed E-state index contributed by atoms with van der Waals surface area (Å²) in [7, 11) is 1.45. The molecule has 10 heteroatoms. The zero-order valence-corrected chi connectivity index (χ0v) is 20.0. The first kappa shape index (κ1) is 23.9. The minimum atomic E-state index is -0.672. The number of nitro groups is 1. The van der Waals surface area contributed by atoms with E-state index in [-0.39, 0.29) is 28.9 Å². The maximum absolute atomic E-state index is 13.0. The zero-order chi connectivity index (χ0) is 24.2. The number of carbonyl (C=O) groups is 2. The lowest BCUT2D eigenvalue weighted by atomic mass is 9.94. The number of amides is 1. The van der Waals surface area contributed by atoms with Crippen molar-refractivity contribution < 1.29 is 24.0 Å². The number of non-ortho nitro benzene ring substituents is 1. The average molecular weight is 499 g/mol. The van der Waals surface area contributed by atoms with Crippen LogP contribution in [-0.2, 0) is 4.79 Å². The topological polar surface area (TPSA) is 99.0 Å². The molecule has 34 heavy (non-hydrogen) atoms. The van der Waals surface area contributed by atoms with Crippen molar-refractivity contribution in [2.24, 2.45) is 0 Å². The highest BCUT2D eigenvalue weighted by Gasteiger charge is 2.37. The number of nitro benzene ring substituents is 1. The van der Waals surface area contributed by atoms with Gasteiger partial charge in [-0.05, 0) is 48.7 Å². The third-order valence-corrected chi connectivity index (χ3v) is 7.10. The zero-order valence-electron chi connectivity index (χ0n) is 18.4. The first-order chi connectivity index (χ1) is 16.4. The second kappa shape index (κ2) is 10.4. The van der Waals surface area contributed by atoms with Crippen molar-refractivity contribution in [2.75, 3.05) is 7.11 Å². The molecule has 2 aliphatic rings. The second-order valence-electron chi connectivity index (χ2n) is 7.95. The molecule has 1 saturated heterocycles. The van der Waals surface area contributed by atoms with Gasteiger partial charge in [0.25, 0.3) is 11.6 Å². The highest BCUT2D eigenvalue weighted by Crippen LogP contribution is 2.38. The molecular weight excluding hydrogens is 476 g/mol. The summed E-state index contributed by atoms with van der Waals surface area (Å²) in [6.45, 7) is 0. The van der Waals surface area contributed by atoms with Gasteiger partial charge in [-0.3, -0.25) is 19.8 Å². The molecule has 4 rings (SSSR count). The first-order valence-corrected chi connectivity index (χ1v) is 12.0. The molecule has 0 bridgehead atoms. The van der Waals surface area contributed by atoms with E-state index in [0.717, 1.165) is 25.7 Å². The van der Waals surface area contributed by atoms with E-state index in [4.69, 9.17) is 21.7 Å². The van der Waals surface area contributed by atoms with Crippen LogP contribution in [0, 0.1) is 10.1 Å². The molecule has 1 aliphatic carbocycles. The molecule has 0 unspecified atom stereocenters. The SMILES string of the molecule is COc1cc(C=C2SC(=S)N(C3CCCCC3)C2=O)ccc1OC(=O)c1ccc([N+](=O)[O-])cc1. The van der Waals surface area contributed by atoms with Crippen LogP contribution >= 0.6 is 24.0 Å². The number of rotatable bonds is 6. The van der Waals surface area contributed by atoms with Crippen molar-refractivity contribution in [2.45, 2.75) is 38.1 Å². The van der Waals surface area contributed by atoms with Gasteiger partial charge in [0.05, 0.1) is 22.5 Å². The highest BCUT2D eigenvalue weighted by molar-refractivity contribution is 8.26. The minimum Gasteiger partial charge on any atom is -0.493 e. The summed E-state index contributed by atoms with van der Waals surface area (Å²) in [5.74, 6) is -0.242. The number of ether oxygens (including phenoxy) is 2. The maximum atomic E-state index is 13.0. The van der Waals surface area contributed by atoms with Crippen LogP contribution in [0.4, 0.5) is 5.69 Å². The lowest BCUT2D eigenvalue weighted by Crippen LogP contribution is -2.39. The van der Waals surface area contributed by atoms with E-state index in [2.05, 4.69) is 0 Å². The third kappa shape index (κ3) is 5.13. The Kier molecular flexibility index (Phi) is 7.28. The van der Waals surface area contributed by atoms with E-state index < -0.39 is 10.9 Å². The fraction of sp³-hybridized carbons (Fsp3) is 0.292. The second-order valence-corrected chi connectivity index (χ2v) is 9.62. The van der Waals surface area contributed by atoms with Crippen LogP contribution in [-0.4, -0.2) is 39.2 Å². The molecule has 0 aromatic heterocycles. The number of hydrogen-bond acceptors (Lipinski definition) is 8. The summed E-state index contributed by atoms with van der Waals surface area (Å²) in [6, 6.07) is 10.3. The lowest BCUT2D eigenvalue weighted by molar-refractivity contribution is -0.384. The van der Waals surface area contributed by atoms with E-state index in [1.807, 2.05) is 0 Å². The Balaban J connectivity index is 1.50. The monoisotopic (exact) mass is 498 g/mol. The molecule has 1 amide bonds. The van der Waals surface area contributed by atoms with Crippen LogP contribution in [0.15, 0.2) is 47.4 Å². The van der Waals surface area contributed by atoms with E-state index in [9.17, 15) is 19.7 Å². The first-order valence-electron chi connectivity index (χ1n) is 10.8. The van der Waals surface area contributed by atoms with Gasteiger partial charge < -0.3 is 9.47 Å². The summed E-state index contributed by atoms with van der Waals surface area (Å²) in [6.07, 6.45) is 7.12. The molecule has 0 spiro atoms. The molecule has 176 valence electrons. The summed E-state index contributed by atoms with van der Waals surface area (Å²) in [4.78, 5) is 38.0. The van der Waals surface area contributed by atoms with Crippen molar-refractivity contribution in [3.05, 3.63) is 68.6 Å². The summed E-state index contributed by atoms with van der Waals surface area (Å²) >= 11 is 6.78. The van der Waals surface area contributed by atoms with Crippen LogP contribution in [0.1, 0.15) is 48.0 Å². The Labute approximate surface area is 206 Å². The molecular formula is C24H22N2O6S2. The number of thiocarbonyl (C=S) groups is 1. The fourth-order valence-electron chi connectivity index (χ4n) is 4.02. The van der Waals surface area contributed by atoms with Crippen molar-refractivity contribution >= 4 is 51.9 Å². The van der Waals surface area contributed by atoms with Gasteiger partial charge in [-0.25, -0.2) is 4.79 Å². The van der Waals surface area contributed by atoms with E-state index in [1.54, 1.807) is 29.2 Å². The number of carbonyl (C=O) groups excluding carboxylic acids is 2. The quantitative estimate of drug-likeness (QED) is 0.131. The molecule has 0 radical (unpaired) electrons. The van der Waals surface area contributed by atoms with E-state index in [0.29, 0.717) is 20.5 Å². The largest absolute Gasteiger partial charge is 0.493 e. The van der Waals surface area contributed by atoms with Crippen LogP contribution in [0.25, 0.3) is 6.08 Å². The van der Waals surface area contributed by atoms with Crippen LogP contribution in [0.5, 0.6) is 11.5 Å². The smallest absolute Gasteiger partial charge is 0.343 e. The normalized spacial score (nSPS) is 17.8. The minimum absolute atomic E-state index is 0.0745. The number of hydrogen-bond donors (Lipinski definition) is 0. The molecule has 2 aromatic rings. The Hall–Kier alpha value is -3.24. The predicted molar refractivity (Wildman–Crippen MR) is 133 cm³/mol. The molecule has 8 nitrogen and oxygen atoms in total. The fourth-order valence-corrected chi connectivity index (χ4v) is 5.42. The number of benzene rings is 2. The summed E-state index contributed by atoms with van der Waals surface area (Å²) in [5, 5.41) is 10.8. The number of thioether (sulfide) groups is 1. The van der Waals surface area contributed by atoms with Gasteiger partial charge in [0.1, 0.15) is 4.32 Å². The Morgan fingerprint density at radius 2 is 1.85 bits per heavy atom. The van der Waals surface area contributed by atoms with Crippen molar-refractivity contribution in [3.63, 3.8) is 0 Å². The van der Waals surface area contributed by atoms with Gasteiger partial charge in [-0.2, -0.15) is 0 Å². The van der Waals surface area contributed by atoms with Gasteiger partial charge >= 0.3 is 5.97 Å². The maximum Gasteiger partial charge on any atom is 0.343 e. The van der Waals surface area contributed by atoms with E-state index >= 15 is 0 Å². The summed E-state index contributed by atoms with van der Waals surface area (Å²) < 4.78 is 11.4. The van der Waals surface area contributed by atoms with E-state index in [1.165, 1.54) is 49.6 Å². The van der Waals surface area contributed by atoms with Crippen molar-refractivity contribution in [1.82, 2.24) is 4.90 Å². The molecule has 0 atom stereocenters. The molecule has 1 heterocycles.